The monoisotopic (exact) mass is 424 g/mol. The summed E-state index contributed by atoms with van der Waals surface area (Å²) < 4.78 is 16.8. The zero-order valence-electron chi connectivity index (χ0n) is 16.0. The summed E-state index contributed by atoms with van der Waals surface area (Å²) >= 11 is 12.4. The predicted molar refractivity (Wildman–Crippen MR) is 113 cm³/mol. The molecular formula is C21H26Cl2N2O3. The number of benzene rings is 2. The van der Waals surface area contributed by atoms with E-state index >= 15 is 0 Å². The summed E-state index contributed by atoms with van der Waals surface area (Å²) in [6.45, 7) is 6.62. The van der Waals surface area contributed by atoms with Gasteiger partial charge in [0.1, 0.15) is 6.61 Å². The summed E-state index contributed by atoms with van der Waals surface area (Å²) in [4.78, 5) is 2.40. The second-order valence-electron chi connectivity index (χ2n) is 6.64. The van der Waals surface area contributed by atoms with E-state index in [1.165, 1.54) is 0 Å². The van der Waals surface area contributed by atoms with Gasteiger partial charge in [0.05, 0.1) is 20.3 Å². The molecule has 1 saturated heterocycles. The van der Waals surface area contributed by atoms with Crippen molar-refractivity contribution in [3.63, 3.8) is 0 Å². The summed E-state index contributed by atoms with van der Waals surface area (Å²) in [6.07, 6.45) is 0. The quantitative estimate of drug-likeness (QED) is 0.616. The molecule has 0 saturated carbocycles. The van der Waals surface area contributed by atoms with Crippen LogP contribution in [0.15, 0.2) is 36.4 Å². The first kappa shape index (κ1) is 21.2. The lowest BCUT2D eigenvalue weighted by atomic mass is 10.2. The number of hydrogen-bond acceptors (Lipinski definition) is 5. The maximum absolute atomic E-state index is 6.47. The molecule has 0 aromatic heterocycles. The molecule has 0 spiro atoms. The van der Waals surface area contributed by atoms with Crippen LogP contribution in [0.4, 0.5) is 0 Å². The number of ether oxygens (including phenoxy) is 3. The molecule has 3 rings (SSSR count). The molecule has 152 valence electrons. The van der Waals surface area contributed by atoms with Crippen LogP contribution in [-0.2, 0) is 17.9 Å². The number of halogens is 2. The zero-order chi connectivity index (χ0) is 19.8. The molecule has 0 amide bonds. The van der Waals surface area contributed by atoms with Gasteiger partial charge in [-0.05, 0) is 29.3 Å². The van der Waals surface area contributed by atoms with E-state index in [1.807, 2.05) is 36.4 Å². The van der Waals surface area contributed by atoms with Gasteiger partial charge in [-0.2, -0.15) is 0 Å². The molecule has 0 bridgehead atoms. The van der Waals surface area contributed by atoms with Crippen molar-refractivity contribution in [3.8, 4) is 11.5 Å². The molecule has 2 aromatic rings. The Bertz CT molecular complexity index is 750. The van der Waals surface area contributed by atoms with E-state index in [0.717, 1.165) is 50.5 Å². The number of methoxy groups -OCH3 is 1. The highest BCUT2D eigenvalue weighted by atomic mass is 35.5. The summed E-state index contributed by atoms with van der Waals surface area (Å²) in [5.41, 5.74) is 2.01. The molecule has 2 aromatic carbocycles. The van der Waals surface area contributed by atoms with E-state index in [9.17, 15) is 0 Å². The molecule has 5 nitrogen and oxygen atoms in total. The second kappa shape index (κ2) is 10.9. The molecule has 0 aliphatic carbocycles. The lowest BCUT2D eigenvalue weighted by molar-refractivity contribution is 0.0384. The molecule has 28 heavy (non-hydrogen) atoms. The minimum absolute atomic E-state index is 0.418. The summed E-state index contributed by atoms with van der Waals surface area (Å²) in [5.74, 6) is 1.29. The fourth-order valence-electron chi connectivity index (χ4n) is 3.01. The van der Waals surface area contributed by atoms with Crippen molar-refractivity contribution >= 4 is 23.2 Å². The number of rotatable bonds is 9. The van der Waals surface area contributed by atoms with Crippen molar-refractivity contribution in [2.75, 3.05) is 46.5 Å². The van der Waals surface area contributed by atoms with Crippen molar-refractivity contribution in [1.29, 1.82) is 0 Å². The van der Waals surface area contributed by atoms with Gasteiger partial charge in [-0.3, -0.25) is 4.90 Å². The number of hydrogen-bond donors (Lipinski definition) is 1. The molecule has 1 N–H and O–H groups in total. The summed E-state index contributed by atoms with van der Waals surface area (Å²) in [7, 11) is 1.63. The van der Waals surface area contributed by atoms with Crippen LogP contribution in [0.3, 0.4) is 0 Å². The Balaban J connectivity index is 1.53. The van der Waals surface area contributed by atoms with Gasteiger partial charge >= 0.3 is 0 Å². The van der Waals surface area contributed by atoms with E-state index in [0.29, 0.717) is 34.7 Å². The van der Waals surface area contributed by atoms with E-state index in [1.54, 1.807) is 7.11 Å². The minimum Gasteiger partial charge on any atom is -0.493 e. The van der Waals surface area contributed by atoms with Crippen LogP contribution in [0, 0.1) is 0 Å². The fraction of sp³-hybridized carbons (Fsp3) is 0.429. The van der Waals surface area contributed by atoms with Crippen LogP contribution < -0.4 is 14.8 Å². The van der Waals surface area contributed by atoms with Crippen LogP contribution >= 0.6 is 23.2 Å². The Morgan fingerprint density at radius 2 is 1.82 bits per heavy atom. The van der Waals surface area contributed by atoms with Crippen molar-refractivity contribution < 1.29 is 14.2 Å². The topological polar surface area (TPSA) is 43.0 Å². The fourth-order valence-corrected chi connectivity index (χ4v) is 3.36. The largest absolute Gasteiger partial charge is 0.493 e. The Kier molecular flexibility index (Phi) is 8.25. The van der Waals surface area contributed by atoms with Crippen molar-refractivity contribution in [2.24, 2.45) is 0 Å². The van der Waals surface area contributed by atoms with E-state index in [2.05, 4.69) is 10.2 Å². The number of nitrogens with zero attached hydrogens (tertiary/aromatic N) is 1. The lowest BCUT2D eigenvalue weighted by Crippen LogP contribution is -2.40. The number of nitrogens with one attached hydrogen (secondary N) is 1. The van der Waals surface area contributed by atoms with E-state index in [4.69, 9.17) is 37.4 Å². The average Bonchev–Trinajstić information content (AvgIpc) is 2.72. The van der Waals surface area contributed by atoms with Crippen LogP contribution in [0.1, 0.15) is 11.1 Å². The second-order valence-corrected chi connectivity index (χ2v) is 7.48. The highest BCUT2D eigenvalue weighted by Gasteiger charge is 2.12. The zero-order valence-corrected chi connectivity index (χ0v) is 17.6. The molecule has 7 heteroatoms. The first-order valence-corrected chi connectivity index (χ1v) is 10.2. The van der Waals surface area contributed by atoms with Gasteiger partial charge in [-0.1, -0.05) is 35.3 Å². The third-order valence-corrected chi connectivity index (χ3v) is 5.27. The van der Waals surface area contributed by atoms with Gasteiger partial charge in [-0.25, -0.2) is 0 Å². The Labute approximate surface area is 176 Å². The SMILES string of the molecule is COc1cc(CNCCN2CCOCC2)c(Cl)cc1OCc1ccc(Cl)cc1. The van der Waals surface area contributed by atoms with Crippen LogP contribution in [0.5, 0.6) is 11.5 Å². The molecule has 0 radical (unpaired) electrons. The molecular weight excluding hydrogens is 399 g/mol. The normalized spacial score (nSPS) is 14.8. The van der Waals surface area contributed by atoms with Gasteiger partial charge in [0.2, 0.25) is 0 Å². The van der Waals surface area contributed by atoms with Gasteiger partial charge in [0, 0.05) is 48.8 Å². The first-order chi connectivity index (χ1) is 13.7. The summed E-state index contributed by atoms with van der Waals surface area (Å²) in [5, 5.41) is 4.81. The Morgan fingerprint density at radius 1 is 1.07 bits per heavy atom. The standard InChI is InChI=1S/C21H26Cl2N2O3/c1-26-20-12-17(14-24-6-7-25-8-10-27-11-9-25)19(23)13-21(20)28-15-16-2-4-18(22)5-3-16/h2-5,12-13,24H,6-11,14-15H2,1H3. The maximum Gasteiger partial charge on any atom is 0.163 e. The van der Waals surface area contributed by atoms with Gasteiger partial charge < -0.3 is 19.5 Å². The maximum atomic E-state index is 6.47. The Morgan fingerprint density at radius 3 is 2.54 bits per heavy atom. The molecule has 1 heterocycles. The van der Waals surface area contributed by atoms with Crippen molar-refractivity contribution in [3.05, 3.63) is 57.6 Å². The van der Waals surface area contributed by atoms with Crippen LogP contribution in [-0.4, -0.2) is 51.4 Å². The van der Waals surface area contributed by atoms with Gasteiger partial charge in [-0.15, -0.1) is 0 Å². The van der Waals surface area contributed by atoms with Crippen LogP contribution in [0.25, 0.3) is 0 Å². The highest BCUT2D eigenvalue weighted by molar-refractivity contribution is 6.31. The van der Waals surface area contributed by atoms with Gasteiger partial charge in [0.25, 0.3) is 0 Å². The average molecular weight is 425 g/mol. The Hall–Kier alpha value is -1.50. The highest BCUT2D eigenvalue weighted by Crippen LogP contribution is 2.34. The smallest absolute Gasteiger partial charge is 0.163 e. The minimum atomic E-state index is 0.418. The first-order valence-electron chi connectivity index (χ1n) is 9.40. The van der Waals surface area contributed by atoms with E-state index < -0.39 is 0 Å². The lowest BCUT2D eigenvalue weighted by Gasteiger charge is -2.26. The molecule has 1 aliphatic rings. The molecule has 1 aliphatic heterocycles. The molecule has 0 atom stereocenters. The number of morpholine rings is 1. The molecule has 1 fully saturated rings. The van der Waals surface area contributed by atoms with Crippen molar-refractivity contribution in [1.82, 2.24) is 10.2 Å². The van der Waals surface area contributed by atoms with E-state index in [-0.39, 0.29) is 0 Å². The third-order valence-electron chi connectivity index (χ3n) is 4.66. The predicted octanol–water partition coefficient (Wildman–Crippen LogP) is 4.00. The molecule has 0 unspecified atom stereocenters. The third kappa shape index (κ3) is 6.26. The van der Waals surface area contributed by atoms with Gasteiger partial charge in [0.15, 0.2) is 11.5 Å². The summed E-state index contributed by atoms with van der Waals surface area (Å²) in [6, 6.07) is 11.3. The van der Waals surface area contributed by atoms with Crippen molar-refractivity contribution in [2.45, 2.75) is 13.2 Å². The van der Waals surface area contributed by atoms with Crippen LogP contribution in [0.2, 0.25) is 10.0 Å².